The fourth-order valence-electron chi connectivity index (χ4n) is 1.50. The van der Waals surface area contributed by atoms with Crippen LogP contribution in [0.15, 0.2) is 53.7 Å². The molecule has 0 saturated carbocycles. The first-order valence-corrected chi connectivity index (χ1v) is 7.07. The Morgan fingerprint density at radius 3 is 2.67 bits per heavy atom. The van der Waals surface area contributed by atoms with Gasteiger partial charge in [-0.25, -0.2) is 4.98 Å². The highest BCUT2D eigenvalue weighted by atomic mass is 35.5. The second-order valence-corrected chi connectivity index (χ2v) is 5.89. The lowest BCUT2D eigenvalue weighted by atomic mass is 10.3. The third kappa shape index (κ3) is 4.24. The van der Waals surface area contributed by atoms with E-state index < -0.39 is 0 Å². The van der Waals surface area contributed by atoms with Gasteiger partial charge in [0.1, 0.15) is 0 Å². The van der Waals surface area contributed by atoms with E-state index in [0.717, 1.165) is 17.3 Å². The highest BCUT2D eigenvalue weighted by Crippen LogP contribution is 2.22. The van der Waals surface area contributed by atoms with Gasteiger partial charge in [-0.1, -0.05) is 36.7 Å². The maximum Gasteiger partial charge on any atom is 0.0964 e. The highest BCUT2D eigenvalue weighted by molar-refractivity contribution is 7.99. The highest BCUT2D eigenvalue weighted by Gasteiger charge is 2.05. The van der Waals surface area contributed by atoms with Crippen LogP contribution in [0, 0.1) is 0 Å². The predicted molar refractivity (Wildman–Crippen MR) is 79.5 cm³/mol. The van der Waals surface area contributed by atoms with E-state index in [1.54, 1.807) is 18.0 Å². The largest absolute Gasteiger partial charge is 0.384 e. The molecule has 18 heavy (non-hydrogen) atoms. The van der Waals surface area contributed by atoms with E-state index in [2.05, 4.69) is 29.4 Å². The molecule has 2 aromatic rings. The Bertz CT molecular complexity index is 473. The van der Waals surface area contributed by atoms with E-state index in [4.69, 9.17) is 11.6 Å². The molecule has 0 fully saturated rings. The molecule has 1 aromatic heterocycles. The lowest BCUT2D eigenvalue weighted by molar-refractivity contribution is 0.989. The Morgan fingerprint density at radius 1 is 1.22 bits per heavy atom. The molecule has 1 atom stereocenters. The van der Waals surface area contributed by atoms with Crippen molar-refractivity contribution in [3.8, 4) is 0 Å². The minimum Gasteiger partial charge on any atom is -0.384 e. The fraction of sp³-hybridized carbons (Fsp3) is 0.214. The number of hydrogen-bond acceptors (Lipinski definition) is 3. The minimum absolute atomic E-state index is 0.443. The molecule has 0 saturated heterocycles. The normalized spacial score (nSPS) is 12.1. The van der Waals surface area contributed by atoms with Crippen molar-refractivity contribution in [1.29, 1.82) is 0 Å². The Morgan fingerprint density at radius 2 is 2.00 bits per heavy atom. The number of rotatable bonds is 5. The first-order valence-electron chi connectivity index (χ1n) is 5.81. The molecule has 2 nitrogen and oxygen atoms in total. The van der Waals surface area contributed by atoms with Crippen LogP contribution >= 0.6 is 23.4 Å². The van der Waals surface area contributed by atoms with Crippen molar-refractivity contribution in [1.82, 2.24) is 4.98 Å². The number of anilines is 1. The van der Waals surface area contributed by atoms with Gasteiger partial charge < -0.3 is 5.32 Å². The number of hydrogen-bond donors (Lipinski definition) is 1. The molecule has 4 heteroatoms. The van der Waals surface area contributed by atoms with E-state index in [-0.39, 0.29) is 0 Å². The van der Waals surface area contributed by atoms with Gasteiger partial charge in [0.25, 0.3) is 0 Å². The SMILES string of the molecule is CC(CNc1ccccc1)Sc1ccc(Cl)cn1. The van der Waals surface area contributed by atoms with Crippen LogP contribution in [-0.2, 0) is 0 Å². The van der Waals surface area contributed by atoms with Gasteiger partial charge in [0.05, 0.1) is 10.0 Å². The van der Waals surface area contributed by atoms with Gasteiger partial charge in [0.2, 0.25) is 0 Å². The van der Waals surface area contributed by atoms with Crippen LogP contribution in [0.3, 0.4) is 0 Å². The number of halogens is 1. The summed E-state index contributed by atoms with van der Waals surface area (Å²) in [7, 11) is 0. The number of nitrogens with zero attached hydrogens (tertiary/aromatic N) is 1. The summed E-state index contributed by atoms with van der Waals surface area (Å²) < 4.78 is 0. The summed E-state index contributed by atoms with van der Waals surface area (Å²) in [5, 5.41) is 5.52. The number of nitrogens with one attached hydrogen (secondary N) is 1. The third-order valence-electron chi connectivity index (χ3n) is 2.39. The van der Waals surface area contributed by atoms with Gasteiger partial charge in [-0.2, -0.15) is 0 Å². The van der Waals surface area contributed by atoms with Gasteiger partial charge in [-0.05, 0) is 24.3 Å². The molecule has 0 aliphatic rings. The second kappa shape index (κ2) is 6.66. The Balaban J connectivity index is 1.82. The van der Waals surface area contributed by atoms with Crippen LogP contribution < -0.4 is 5.32 Å². The second-order valence-electron chi connectivity index (χ2n) is 3.99. The summed E-state index contributed by atoms with van der Waals surface area (Å²) in [6.07, 6.45) is 1.68. The van der Waals surface area contributed by atoms with Gasteiger partial charge >= 0.3 is 0 Å². The Labute approximate surface area is 117 Å². The monoisotopic (exact) mass is 278 g/mol. The van der Waals surface area contributed by atoms with Crippen LogP contribution in [0.4, 0.5) is 5.69 Å². The van der Waals surface area contributed by atoms with Gasteiger partial charge in [0.15, 0.2) is 0 Å². The van der Waals surface area contributed by atoms with E-state index in [9.17, 15) is 0 Å². The zero-order valence-electron chi connectivity index (χ0n) is 10.1. The van der Waals surface area contributed by atoms with Crippen LogP contribution in [0.2, 0.25) is 5.02 Å². The summed E-state index contributed by atoms with van der Waals surface area (Å²) in [5.74, 6) is 0. The molecule has 1 heterocycles. The quantitative estimate of drug-likeness (QED) is 0.824. The molecule has 0 aliphatic carbocycles. The lowest BCUT2D eigenvalue weighted by Crippen LogP contribution is -2.13. The average Bonchev–Trinajstić information content (AvgIpc) is 2.40. The molecule has 1 aromatic carbocycles. The maximum atomic E-state index is 5.81. The van der Waals surface area contributed by atoms with Crippen molar-refractivity contribution in [3.63, 3.8) is 0 Å². The van der Waals surface area contributed by atoms with Crippen LogP contribution in [0.25, 0.3) is 0 Å². The zero-order chi connectivity index (χ0) is 12.8. The van der Waals surface area contributed by atoms with Crippen molar-refractivity contribution in [2.45, 2.75) is 17.2 Å². The molecule has 0 amide bonds. The number of benzene rings is 1. The molecular weight excluding hydrogens is 264 g/mol. The van der Waals surface area contributed by atoms with Gasteiger partial charge in [0, 0.05) is 23.7 Å². The molecule has 1 N–H and O–H groups in total. The summed E-state index contributed by atoms with van der Waals surface area (Å²) in [6, 6.07) is 14.0. The first-order chi connectivity index (χ1) is 8.74. The van der Waals surface area contributed by atoms with Crippen molar-refractivity contribution in [2.75, 3.05) is 11.9 Å². The van der Waals surface area contributed by atoms with Gasteiger partial charge in [-0.3, -0.25) is 0 Å². The summed E-state index contributed by atoms with van der Waals surface area (Å²) in [5.41, 5.74) is 1.15. The standard InChI is InChI=1S/C14H15ClN2S/c1-11(9-16-13-5-3-2-4-6-13)18-14-8-7-12(15)10-17-14/h2-8,10-11,16H,9H2,1H3. The molecule has 0 bridgehead atoms. The maximum absolute atomic E-state index is 5.81. The first kappa shape index (κ1) is 13.2. The molecule has 1 unspecified atom stereocenters. The number of aromatic nitrogens is 1. The molecular formula is C14H15ClN2S. The summed E-state index contributed by atoms with van der Waals surface area (Å²) >= 11 is 7.54. The third-order valence-corrected chi connectivity index (χ3v) is 3.67. The van der Waals surface area contributed by atoms with Crippen LogP contribution in [0.5, 0.6) is 0 Å². The lowest BCUT2D eigenvalue weighted by Gasteiger charge is -2.12. The van der Waals surface area contributed by atoms with Crippen molar-refractivity contribution in [2.24, 2.45) is 0 Å². The Kier molecular flexibility index (Phi) is 4.90. The molecule has 2 rings (SSSR count). The van der Waals surface area contributed by atoms with Crippen molar-refractivity contribution in [3.05, 3.63) is 53.7 Å². The van der Waals surface area contributed by atoms with E-state index >= 15 is 0 Å². The predicted octanol–water partition coefficient (Wildman–Crippen LogP) is 4.33. The summed E-state index contributed by atoms with van der Waals surface area (Å²) in [6.45, 7) is 3.08. The van der Waals surface area contributed by atoms with E-state index in [0.29, 0.717) is 10.3 Å². The van der Waals surface area contributed by atoms with E-state index in [1.807, 2.05) is 30.3 Å². The smallest absolute Gasteiger partial charge is 0.0964 e. The zero-order valence-corrected chi connectivity index (χ0v) is 11.7. The molecule has 0 radical (unpaired) electrons. The fourth-order valence-corrected chi connectivity index (χ4v) is 2.45. The Hall–Kier alpha value is -1.19. The topological polar surface area (TPSA) is 24.9 Å². The number of para-hydroxylation sites is 1. The number of pyridine rings is 1. The van der Waals surface area contributed by atoms with Crippen molar-refractivity contribution >= 4 is 29.1 Å². The minimum atomic E-state index is 0.443. The average molecular weight is 279 g/mol. The van der Waals surface area contributed by atoms with Crippen LogP contribution in [-0.4, -0.2) is 16.8 Å². The van der Waals surface area contributed by atoms with Crippen molar-refractivity contribution < 1.29 is 0 Å². The number of thioether (sulfide) groups is 1. The van der Waals surface area contributed by atoms with Crippen LogP contribution in [0.1, 0.15) is 6.92 Å². The molecule has 0 aliphatic heterocycles. The summed E-state index contributed by atoms with van der Waals surface area (Å²) in [4.78, 5) is 4.28. The van der Waals surface area contributed by atoms with Gasteiger partial charge in [-0.15, -0.1) is 11.8 Å². The van der Waals surface area contributed by atoms with E-state index in [1.165, 1.54) is 0 Å². The molecule has 94 valence electrons. The molecule has 0 spiro atoms.